The maximum absolute atomic E-state index is 14.4. The van der Waals surface area contributed by atoms with Crippen molar-refractivity contribution in [1.29, 1.82) is 0 Å². The van der Waals surface area contributed by atoms with E-state index in [-0.39, 0.29) is 11.6 Å². The van der Waals surface area contributed by atoms with Gasteiger partial charge < -0.3 is 10.5 Å². The zero-order chi connectivity index (χ0) is 15.3. The van der Waals surface area contributed by atoms with Gasteiger partial charge >= 0.3 is 0 Å². The van der Waals surface area contributed by atoms with Crippen molar-refractivity contribution < 1.29 is 9.13 Å². The molecule has 0 saturated carbocycles. The predicted octanol–water partition coefficient (Wildman–Crippen LogP) is 4.03. The fourth-order valence-corrected chi connectivity index (χ4v) is 2.74. The largest absolute Gasteiger partial charge is 0.494 e. The Hall–Kier alpha value is -1.87. The van der Waals surface area contributed by atoms with Crippen molar-refractivity contribution >= 4 is 0 Å². The number of ether oxygens (including phenoxy) is 1. The Morgan fingerprint density at radius 1 is 1.10 bits per heavy atom. The van der Waals surface area contributed by atoms with E-state index in [2.05, 4.69) is 6.92 Å². The number of nitrogens with two attached hydrogens (primary N) is 1. The van der Waals surface area contributed by atoms with Crippen LogP contribution in [0, 0.1) is 5.82 Å². The molecule has 0 heterocycles. The first-order chi connectivity index (χ1) is 10.1. The number of hydrogen-bond donors (Lipinski definition) is 1. The summed E-state index contributed by atoms with van der Waals surface area (Å²) in [5, 5.41) is 0. The summed E-state index contributed by atoms with van der Waals surface area (Å²) in [4.78, 5) is 0. The quantitative estimate of drug-likeness (QED) is 0.870. The highest BCUT2D eigenvalue weighted by atomic mass is 19.1. The van der Waals surface area contributed by atoms with Crippen LogP contribution in [0.3, 0.4) is 0 Å². The number of benzene rings is 2. The lowest BCUT2D eigenvalue weighted by Crippen LogP contribution is -2.39. The highest BCUT2D eigenvalue weighted by Gasteiger charge is 2.28. The van der Waals surface area contributed by atoms with Crippen LogP contribution >= 0.6 is 0 Å². The lowest BCUT2D eigenvalue weighted by atomic mass is 9.81. The lowest BCUT2D eigenvalue weighted by Gasteiger charge is -2.30. The van der Waals surface area contributed by atoms with E-state index in [1.807, 2.05) is 30.3 Å². The summed E-state index contributed by atoms with van der Waals surface area (Å²) >= 11 is 0. The van der Waals surface area contributed by atoms with Gasteiger partial charge in [0.2, 0.25) is 0 Å². The van der Waals surface area contributed by atoms with E-state index in [9.17, 15) is 4.39 Å². The van der Waals surface area contributed by atoms with Gasteiger partial charge in [0.25, 0.3) is 0 Å². The van der Waals surface area contributed by atoms with Crippen LogP contribution in [0.4, 0.5) is 4.39 Å². The third kappa shape index (κ3) is 3.42. The molecular formula is C18H22FNO. The van der Waals surface area contributed by atoms with Crippen molar-refractivity contribution in [3.63, 3.8) is 0 Å². The molecule has 0 radical (unpaired) electrons. The third-order valence-corrected chi connectivity index (χ3v) is 3.81. The first-order valence-corrected chi connectivity index (χ1v) is 7.26. The zero-order valence-electron chi connectivity index (χ0n) is 12.6. The Morgan fingerprint density at radius 2 is 1.81 bits per heavy atom. The van der Waals surface area contributed by atoms with E-state index in [1.54, 1.807) is 18.2 Å². The molecular weight excluding hydrogens is 265 g/mol. The van der Waals surface area contributed by atoms with Crippen molar-refractivity contribution in [1.82, 2.24) is 0 Å². The monoisotopic (exact) mass is 287 g/mol. The molecule has 1 atom stereocenters. The summed E-state index contributed by atoms with van der Waals surface area (Å²) in [6, 6.07) is 15.1. The second-order valence-electron chi connectivity index (χ2n) is 5.38. The Bertz CT molecular complexity index is 585. The second-order valence-corrected chi connectivity index (χ2v) is 5.38. The summed E-state index contributed by atoms with van der Waals surface area (Å²) in [6.45, 7) is 2.09. The van der Waals surface area contributed by atoms with Gasteiger partial charge in [-0.3, -0.25) is 0 Å². The van der Waals surface area contributed by atoms with E-state index in [0.717, 1.165) is 18.4 Å². The van der Waals surface area contributed by atoms with Gasteiger partial charge in [-0.2, -0.15) is 0 Å². The SMILES string of the molecule is CCCC(N)(Cc1cccc(OC)c1F)c1ccccc1. The number of halogens is 1. The minimum absolute atomic E-state index is 0.263. The Balaban J connectivity index is 2.37. The molecule has 0 aliphatic heterocycles. The molecule has 2 aromatic carbocycles. The van der Waals surface area contributed by atoms with Crippen molar-refractivity contribution in [2.45, 2.75) is 31.7 Å². The summed E-state index contributed by atoms with van der Waals surface area (Å²) in [5.74, 6) is -0.0544. The van der Waals surface area contributed by atoms with Gasteiger partial charge in [0.1, 0.15) is 0 Å². The standard InChI is InChI=1S/C18H22FNO/c1-3-12-18(20,15-9-5-4-6-10-15)13-14-8-7-11-16(21-2)17(14)19/h4-11H,3,12-13,20H2,1-2H3. The molecule has 0 spiro atoms. The molecule has 21 heavy (non-hydrogen) atoms. The summed E-state index contributed by atoms with van der Waals surface area (Å²) in [6.07, 6.45) is 2.19. The molecule has 0 aliphatic carbocycles. The molecule has 0 bridgehead atoms. The molecule has 0 aromatic heterocycles. The van der Waals surface area contributed by atoms with Gasteiger partial charge in [-0.15, -0.1) is 0 Å². The Morgan fingerprint density at radius 3 is 2.43 bits per heavy atom. The average molecular weight is 287 g/mol. The smallest absolute Gasteiger partial charge is 0.168 e. The van der Waals surface area contributed by atoms with Crippen molar-refractivity contribution in [2.75, 3.05) is 7.11 Å². The molecule has 0 amide bonds. The topological polar surface area (TPSA) is 35.2 Å². The fraction of sp³-hybridized carbons (Fsp3) is 0.333. The maximum atomic E-state index is 14.4. The molecule has 3 heteroatoms. The van der Waals surface area contributed by atoms with E-state index in [4.69, 9.17) is 10.5 Å². The number of rotatable bonds is 6. The first-order valence-electron chi connectivity index (χ1n) is 7.26. The Kier molecular flexibility index (Phi) is 4.97. The molecule has 0 aliphatic rings. The highest BCUT2D eigenvalue weighted by molar-refractivity contribution is 5.34. The van der Waals surface area contributed by atoms with Crippen molar-refractivity contribution in [2.24, 2.45) is 5.73 Å². The molecule has 2 aromatic rings. The van der Waals surface area contributed by atoms with E-state index in [0.29, 0.717) is 12.0 Å². The molecule has 2 rings (SSSR count). The zero-order valence-corrected chi connectivity index (χ0v) is 12.6. The van der Waals surface area contributed by atoms with Gasteiger partial charge in [-0.25, -0.2) is 4.39 Å². The lowest BCUT2D eigenvalue weighted by molar-refractivity contribution is 0.369. The predicted molar refractivity (Wildman–Crippen MR) is 83.9 cm³/mol. The van der Waals surface area contributed by atoms with E-state index in [1.165, 1.54) is 7.11 Å². The van der Waals surface area contributed by atoms with E-state index < -0.39 is 5.54 Å². The third-order valence-electron chi connectivity index (χ3n) is 3.81. The van der Waals surface area contributed by atoms with Gasteiger partial charge in [-0.05, 0) is 30.0 Å². The van der Waals surface area contributed by atoms with Crippen LogP contribution in [0.15, 0.2) is 48.5 Å². The first kappa shape index (κ1) is 15.5. The minimum Gasteiger partial charge on any atom is -0.494 e. The number of hydrogen-bond acceptors (Lipinski definition) is 2. The average Bonchev–Trinajstić information content (AvgIpc) is 2.50. The van der Waals surface area contributed by atoms with Crippen LogP contribution in [0.2, 0.25) is 0 Å². The van der Waals surface area contributed by atoms with Crippen molar-refractivity contribution in [3.05, 3.63) is 65.5 Å². The molecule has 1 unspecified atom stereocenters. The number of methoxy groups -OCH3 is 1. The molecule has 112 valence electrons. The Labute approximate surface area is 125 Å². The highest BCUT2D eigenvalue weighted by Crippen LogP contribution is 2.31. The van der Waals surface area contributed by atoms with Crippen LogP contribution in [-0.2, 0) is 12.0 Å². The van der Waals surface area contributed by atoms with E-state index >= 15 is 0 Å². The minimum atomic E-state index is -0.566. The van der Waals surface area contributed by atoms with Crippen LogP contribution in [0.1, 0.15) is 30.9 Å². The van der Waals surface area contributed by atoms with Gasteiger partial charge in [0, 0.05) is 5.54 Å². The maximum Gasteiger partial charge on any atom is 0.168 e. The van der Waals surface area contributed by atoms with Crippen LogP contribution in [0.25, 0.3) is 0 Å². The second kappa shape index (κ2) is 6.72. The van der Waals surface area contributed by atoms with Crippen LogP contribution in [0.5, 0.6) is 5.75 Å². The molecule has 0 fully saturated rings. The fourth-order valence-electron chi connectivity index (χ4n) is 2.74. The molecule has 2 N–H and O–H groups in total. The van der Waals surface area contributed by atoms with Crippen molar-refractivity contribution in [3.8, 4) is 5.75 Å². The van der Waals surface area contributed by atoms with Crippen LogP contribution in [-0.4, -0.2) is 7.11 Å². The van der Waals surface area contributed by atoms with Gasteiger partial charge in [-0.1, -0.05) is 55.8 Å². The van der Waals surface area contributed by atoms with Crippen LogP contribution < -0.4 is 10.5 Å². The normalized spacial score (nSPS) is 13.7. The van der Waals surface area contributed by atoms with Gasteiger partial charge in [0.15, 0.2) is 11.6 Å². The summed E-state index contributed by atoms with van der Waals surface area (Å²) < 4.78 is 19.4. The summed E-state index contributed by atoms with van der Waals surface area (Å²) in [7, 11) is 1.47. The molecule has 2 nitrogen and oxygen atoms in total. The molecule has 0 saturated heterocycles. The summed E-state index contributed by atoms with van der Waals surface area (Å²) in [5.41, 5.74) is 7.68. The van der Waals surface area contributed by atoms with Gasteiger partial charge in [0.05, 0.1) is 7.11 Å².